The van der Waals surface area contributed by atoms with Crippen LogP contribution in [0.2, 0.25) is 5.22 Å². The molecule has 0 aliphatic heterocycles. The van der Waals surface area contributed by atoms with Gasteiger partial charge >= 0.3 is 0 Å². The zero-order chi connectivity index (χ0) is 13.0. The van der Waals surface area contributed by atoms with E-state index in [4.69, 9.17) is 16.0 Å². The maximum Gasteiger partial charge on any atom is 0.287 e. The maximum atomic E-state index is 11.6. The fourth-order valence-corrected chi connectivity index (χ4v) is 1.33. The minimum Gasteiger partial charge on any atom is -0.440 e. The molecule has 0 spiro atoms. The second kappa shape index (κ2) is 5.72. The second-order valence-electron chi connectivity index (χ2n) is 3.96. The molecule has 5 nitrogen and oxygen atoms in total. The third-order valence-electron chi connectivity index (χ3n) is 1.97. The fraction of sp³-hybridized carbons (Fsp3) is 0.455. The lowest BCUT2D eigenvalue weighted by Gasteiger charge is -2.15. The van der Waals surface area contributed by atoms with E-state index in [0.29, 0.717) is 0 Å². The van der Waals surface area contributed by atoms with Crippen LogP contribution in [0.15, 0.2) is 16.5 Å². The largest absolute Gasteiger partial charge is 0.440 e. The second-order valence-corrected chi connectivity index (χ2v) is 4.33. The van der Waals surface area contributed by atoms with Crippen molar-refractivity contribution in [2.75, 3.05) is 0 Å². The number of rotatable bonds is 4. The van der Waals surface area contributed by atoms with Crippen LogP contribution in [0.1, 0.15) is 31.3 Å². The molecule has 6 heteroatoms. The molecular formula is C11H15ClN2O3. The molecule has 1 aromatic heterocycles. The first-order valence-corrected chi connectivity index (χ1v) is 5.64. The van der Waals surface area contributed by atoms with Crippen molar-refractivity contribution in [3.8, 4) is 0 Å². The number of hydrogen-bond donors (Lipinski definition) is 2. The van der Waals surface area contributed by atoms with Crippen molar-refractivity contribution in [2.45, 2.75) is 32.9 Å². The van der Waals surface area contributed by atoms with Crippen LogP contribution in [0.25, 0.3) is 0 Å². The van der Waals surface area contributed by atoms with Crippen LogP contribution in [0.3, 0.4) is 0 Å². The molecule has 94 valence electrons. The highest BCUT2D eigenvalue weighted by Gasteiger charge is 2.18. The van der Waals surface area contributed by atoms with Gasteiger partial charge in [0.15, 0.2) is 11.0 Å². The van der Waals surface area contributed by atoms with Gasteiger partial charge in [-0.2, -0.15) is 0 Å². The molecule has 0 radical (unpaired) electrons. The van der Waals surface area contributed by atoms with Crippen LogP contribution in [0, 0.1) is 0 Å². The molecular weight excluding hydrogens is 244 g/mol. The Labute approximate surface area is 105 Å². The SMILES string of the molecule is CC(C)NC(=O)C(C)NC(=O)c1ccc(Cl)o1. The average molecular weight is 259 g/mol. The molecule has 1 rings (SSSR count). The number of nitrogens with one attached hydrogen (secondary N) is 2. The highest BCUT2D eigenvalue weighted by molar-refractivity contribution is 6.29. The molecule has 2 N–H and O–H groups in total. The number of halogens is 1. The quantitative estimate of drug-likeness (QED) is 0.861. The summed E-state index contributed by atoms with van der Waals surface area (Å²) in [5, 5.41) is 5.34. The summed E-state index contributed by atoms with van der Waals surface area (Å²) in [6.07, 6.45) is 0. The normalized spacial score (nSPS) is 12.3. The first kappa shape index (κ1) is 13.6. The minimum atomic E-state index is -0.631. The van der Waals surface area contributed by atoms with E-state index in [2.05, 4.69) is 10.6 Å². The average Bonchev–Trinajstić information content (AvgIpc) is 2.63. The topological polar surface area (TPSA) is 71.3 Å². The Morgan fingerprint density at radius 3 is 2.35 bits per heavy atom. The van der Waals surface area contributed by atoms with Crippen molar-refractivity contribution in [2.24, 2.45) is 0 Å². The maximum absolute atomic E-state index is 11.6. The zero-order valence-corrected chi connectivity index (χ0v) is 10.7. The van der Waals surface area contributed by atoms with Gasteiger partial charge in [-0.05, 0) is 44.5 Å². The predicted molar refractivity (Wildman–Crippen MR) is 63.9 cm³/mol. The summed E-state index contributed by atoms with van der Waals surface area (Å²) in [4.78, 5) is 23.2. The molecule has 0 bridgehead atoms. The predicted octanol–water partition coefficient (Wildman–Crippen LogP) is 1.58. The number of furan rings is 1. The Balaban J connectivity index is 2.54. The Morgan fingerprint density at radius 1 is 1.24 bits per heavy atom. The lowest BCUT2D eigenvalue weighted by Crippen LogP contribution is -2.46. The van der Waals surface area contributed by atoms with Gasteiger partial charge < -0.3 is 15.1 Å². The molecule has 1 aromatic rings. The van der Waals surface area contributed by atoms with E-state index in [0.717, 1.165) is 0 Å². The molecule has 2 amide bonds. The summed E-state index contributed by atoms with van der Waals surface area (Å²) in [7, 11) is 0. The van der Waals surface area contributed by atoms with Gasteiger partial charge in [0, 0.05) is 6.04 Å². The Hall–Kier alpha value is -1.49. The zero-order valence-electron chi connectivity index (χ0n) is 9.91. The molecule has 1 unspecified atom stereocenters. The Morgan fingerprint density at radius 2 is 1.88 bits per heavy atom. The summed E-state index contributed by atoms with van der Waals surface area (Å²) in [6, 6.07) is 2.31. The molecule has 0 fully saturated rings. The molecule has 0 aliphatic carbocycles. The van der Waals surface area contributed by atoms with Crippen molar-refractivity contribution < 1.29 is 14.0 Å². The Kier molecular flexibility index (Phi) is 4.57. The molecule has 0 saturated carbocycles. The van der Waals surface area contributed by atoms with Gasteiger partial charge in [-0.15, -0.1) is 0 Å². The van der Waals surface area contributed by atoms with E-state index in [-0.39, 0.29) is 22.9 Å². The van der Waals surface area contributed by atoms with Crippen molar-refractivity contribution >= 4 is 23.4 Å². The van der Waals surface area contributed by atoms with Gasteiger partial charge in [-0.1, -0.05) is 0 Å². The van der Waals surface area contributed by atoms with Crippen LogP contribution in [0.5, 0.6) is 0 Å². The van der Waals surface area contributed by atoms with E-state index >= 15 is 0 Å². The summed E-state index contributed by atoms with van der Waals surface area (Å²) in [6.45, 7) is 5.29. The van der Waals surface area contributed by atoms with Gasteiger partial charge in [0.1, 0.15) is 6.04 Å². The van der Waals surface area contributed by atoms with Crippen molar-refractivity contribution in [1.29, 1.82) is 0 Å². The lowest BCUT2D eigenvalue weighted by molar-refractivity contribution is -0.123. The lowest BCUT2D eigenvalue weighted by atomic mass is 10.2. The highest BCUT2D eigenvalue weighted by Crippen LogP contribution is 2.12. The minimum absolute atomic E-state index is 0.0277. The first-order valence-electron chi connectivity index (χ1n) is 5.26. The number of hydrogen-bond acceptors (Lipinski definition) is 3. The molecule has 0 aliphatic rings. The summed E-state index contributed by atoms with van der Waals surface area (Å²) in [5.41, 5.74) is 0. The molecule has 1 atom stereocenters. The van der Waals surface area contributed by atoms with Gasteiger partial charge in [0.2, 0.25) is 5.91 Å². The molecule has 0 aromatic carbocycles. The number of carbonyl (C=O) groups excluding carboxylic acids is 2. The van der Waals surface area contributed by atoms with Gasteiger partial charge in [0.25, 0.3) is 5.91 Å². The number of carbonyl (C=O) groups is 2. The van der Waals surface area contributed by atoms with Crippen LogP contribution >= 0.6 is 11.6 Å². The van der Waals surface area contributed by atoms with E-state index < -0.39 is 11.9 Å². The monoisotopic (exact) mass is 258 g/mol. The van der Waals surface area contributed by atoms with Crippen LogP contribution < -0.4 is 10.6 Å². The summed E-state index contributed by atoms with van der Waals surface area (Å²) < 4.78 is 4.93. The van der Waals surface area contributed by atoms with Gasteiger partial charge in [0.05, 0.1) is 0 Å². The summed E-state index contributed by atoms with van der Waals surface area (Å²) >= 11 is 5.55. The van der Waals surface area contributed by atoms with Crippen molar-refractivity contribution in [1.82, 2.24) is 10.6 Å². The first-order chi connectivity index (χ1) is 7.90. The molecule has 0 saturated heterocycles. The van der Waals surface area contributed by atoms with Gasteiger partial charge in [-0.3, -0.25) is 9.59 Å². The van der Waals surface area contributed by atoms with E-state index in [1.165, 1.54) is 12.1 Å². The van der Waals surface area contributed by atoms with Gasteiger partial charge in [-0.25, -0.2) is 0 Å². The third kappa shape index (κ3) is 4.11. The Bertz CT molecular complexity index is 415. The fourth-order valence-electron chi connectivity index (χ4n) is 1.18. The van der Waals surface area contributed by atoms with Crippen LogP contribution in [-0.4, -0.2) is 23.9 Å². The van der Waals surface area contributed by atoms with Crippen molar-refractivity contribution in [3.63, 3.8) is 0 Å². The molecule has 17 heavy (non-hydrogen) atoms. The number of amides is 2. The van der Waals surface area contributed by atoms with E-state index in [1.807, 2.05) is 13.8 Å². The van der Waals surface area contributed by atoms with Crippen LogP contribution in [-0.2, 0) is 4.79 Å². The van der Waals surface area contributed by atoms with Crippen molar-refractivity contribution in [3.05, 3.63) is 23.1 Å². The highest BCUT2D eigenvalue weighted by atomic mass is 35.5. The third-order valence-corrected chi connectivity index (χ3v) is 2.17. The smallest absolute Gasteiger partial charge is 0.287 e. The van der Waals surface area contributed by atoms with E-state index in [9.17, 15) is 9.59 Å². The standard InChI is InChI=1S/C11H15ClN2O3/c1-6(2)13-10(15)7(3)14-11(16)8-4-5-9(12)17-8/h4-7H,1-3H3,(H,13,15)(H,14,16). The summed E-state index contributed by atoms with van der Waals surface area (Å²) in [5.74, 6) is -0.631. The molecule has 1 heterocycles. The van der Waals surface area contributed by atoms with E-state index in [1.54, 1.807) is 6.92 Å². The van der Waals surface area contributed by atoms with Crippen LogP contribution in [0.4, 0.5) is 0 Å².